The second-order valence-electron chi connectivity index (χ2n) is 4.66. The average Bonchev–Trinajstić information content (AvgIpc) is 2.34. The molecule has 0 bridgehead atoms. The molecule has 0 heterocycles. The Morgan fingerprint density at radius 2 is 2.12 bits per heavy atom. The van der Waals surface area contributed by atoms with Crippen molar-refractivity contribution in [2.45, 2.75) is 39.5 Å². The highest BCUT2D eigenvalue weighted by atomic mass is 14.3. The lowest BCUT2D eigenvalue weighted by atomic mass is 9.75. The van der Waals surface area contributed by atoms with Crippen LogP contribution in [-0.4, -0.2) is 0 Å². The van der Waals surface area contributed by atoms with Crippen molar-refractivity contribution in [3.05, 3.63) is 48.6 Å². The van der Waals surface area contributed by atoms with Crippen LogP contribution in [0.5, 0.6) is 0 Å². The Balaban J connectivity index is 2.84. The van der Waals surface area contributed by atoms with E-state index < -0.39 is 0 Å². The summed E-state index contributed by atoms with van der Waals surface area (Å²) >= 11 is 0. The van der Waals surface area contributed by atoms with Crippen LogP contribution in [0.15, 0.2) is 48.6 Å². The summed E-state index contributed by atoms with van der Waals surface area (Å²) in [5.74, 6) is 1.10. The van der Waals surface area contributed by atoms with E-state index in [1.165, 1.54) is 30.4 Å². The first-order valence-electron chi connectivity index (χ1n) is 6.34. The van der Waals surface area contributed by atoms with Gasteiger partial charge >= 0.3 is 0 Å². The van der Waals surface area contributed by atoms with Crippen LogP contribution in [-0.2, 0) is 0 Å². The van der Waals surface area contributed by atoms with Crippen molar-refractivity contribution in [2.75, 3.05) is 0 Å². The molecule has 16 heavy (non-hydrogen) atoms. The van der Waals surface area contributed by atoms with Gasteiger partial charge in [0, 0.05) is 5.92 Å². The topological polar surface area (TPSA) is 0 Å². The van der Waals surface area contributed by atoms with Gasteiger partial charge in [0.05, 0.1) is 0 Å². The maximum absolute atomic E-state index is 3.97. The molecule has 1 aliphatic carbocycles. The SMILES string of the molecule is C=CC1/C(=C/C=C(/C)CC)CCC[C@H]1C=C. The first-order valence-corrected chi connectivity index (χ1v) is 6.34. The summed E-state index contributed by atoms with van der Waals surface area (Å²) in [5.41, 5.74) is 2.97. The molecule has 0 aromatic carbocycles. The Hall–Kier alpha value is -1.04. The molecule has 0 aliphatic heterocycles. The molecule has 0 aromatic rings. The first-order chi connectivity index (χ1) is 7.72. The molecule has 0 spiro atoms. The molecule has 2 atom stereocenters. The number of hydrogen-bond acceptors (Lipinski definition) is 0. The van der Waals surface area contributed by atoms with Gasteiger partial charge in [-0.2, -0.15) is 0 Å². The third kappa shape index (κ3) is 3.23. The third-order valence-electron chi connectivity index (χ3n) is 3.59. The van der Waals surface area contributed by atoms with Gasteiger partial charge in [-0.3, -0.25) is 0 Å². The van der Waals surface area contributed by atoms with Gasteiger partial charge in [0.1, 0.15) is 0 Å². The Labute approximate surface area is 100 Å². The Bertz CT molecular complexity index is 304. The van der Waals surface area contributed by atoms with Gasteiger partial charge in [-0.1, -0.05) is 42.4 Å². The monoisotopic (exact) mass is 216 g/mol. The molecule has 0 radical (unpaired) electrons. The molecule has 1 unspecified atom stereocenters. The molecule has 0 heteroatoms. The molecule has 1 aliphatic rings. The van der Waals surface area contributed by atoms with Gasteiger partial charge in [0.15, 0.2) is 0 Å². The van der Waals surface area contributed by atoms with Crippen molar-refractivity contribution >= 4 is 0 Å². The number of hydrogen-bond donors (Lipinski definition) is 0. The lowest BCUT2D eigenvalue weighted by molar-refractivity contribution is 0.419. The lowest BCUT2D eigenvalue weighted by Gasteiger charge is -2.29. The van der Waals surface area contributed by atoms with E-state index in [1.54, 1.807) is 0 Å². The maximum atomic E-state index is 3.97. The average molecular weight is 216 g/mol. The normalized spacial score (nSPS) is 29.1. The fourth-order valence-electron chi connectivity index (χ4n) is 2.32. The van der Waals surface area contributed by atoms with Crippen LogP contribution >= 0.6 is 0 Å². The number of rotatable bonds is 4. The standard InChI is InChI=1S/C16H24/c1-5-13(4)11-12-15-10-8-9-14(6-2)16(15)7-3/h6-7,11-12,14,16H,2-3,5,8-10H2,1,4H3/b13-11-,15-12+/t14-,16?/m1/s1. The molecule has 0 nitrogen and oxygen atoms in total. The summed E-state index contributed by atoms with van der Waals surface area (Å²) in [6, 6.07) is 0. The zero-order valence-corrected chi connectivity index (χ0v) is 10.7. The molecule has 0 N–H and O–H groups in total. The molecule has 0 aromatic heterocycles. The smallest absolute Gasteiger partial charge is 0.00399 e. The van der Waals surface area contributed by atoms with Crippen LogP contribution in [0.25, 0.3) is 0 Å². The van der Waals surface area contributed by atoms with Crippen LogP contribution in [0.1, 0.15) is 39.5 Å². The van der Waals surface area contributed by atoms with E-state index in [2.05, 4.69) is 51.3 Å². The second kappa shape index (κ2) is 6.52. The van der Waals surface area contributed by atoms with Crippen molar-refractivity contribution in [1.29, 1.82) is 0 Å². The quantitative estimate of drug-likeness (QED) is 0.576. The highest BCUT2D eigenvalue weighted by molar-refractivity contribution is 5.24. The van der Waals surface area contributed by atoms with Gasteiger partial charge in [-0.25, -0.2) is 0 Å². The van der Waals surface area contributed by atoms with E-state index in [-0.39, 0.29) is 0 Å². The molecule has 1 fully saturated rings. The largest absolute Gasteiger partial charge is 0.103 e. The number of allylic oxidation sites excluding steroid dienone is 6. The van der Waals surface area contributed by atoms with E-state index in [9.17, 15) is 0 Å². The van der Waals surface area contributed by atoms with Crippen LogP contribution in [0, 0.1) is 11.8 Å². The highest BCUT2D eigenvalue weighted by Gasteiger charge is 2.23. The van der Waals surface area contributed by atoms with Crippen molar-refractivity contribution in [2.24, 2.45) is 11.8 Å². The third-order valence-corrected chi connectivity index (χ3v) is 3.59. The predicted molar refractivity (Wildman–Crippen MR) is 73.4 cm³/mol. The van der Waals surface area contributed by atoms with Crippen LogP contribution < -0.4 is 0 Å². The highest BCUT2D eigenvalue weighted by Crippen LogP contribution is 2.35. The van der Waals surface area contributed by atoms with Crippen LogP contribution in [0.4, 0.5) is 0 Å². The lowest BCUT2D eigenvalue weighted by Crippen LogP contribution is -2.18. The van der Waals surface area contributed by atoms with Gasteiger partial charge < -0.3 is 0 Å². The summed E-state index contributed by atoms with van der Waals surface area (Å²) < 4.78 is 0. The van der Waals surface area contributed by atoms with Gasteiger partial charge in [-0.05, 0) is 38.5 Å². The molecular weight excluding hydrogens is 192 g/mol. The van der Waals surface area contributed by atoms with Crippen LogP contribution in [0.2, 0.25) is 0 Å². The predicted octanol–water partition coefficient (Wildman–Crippen LogP) is 5.06. The molecule has 88 valence electrons. The fourth-order valence-corrected chi connectivity index (χ4v) is 2.32. The van der Waals surface area contributed by atoms with Crippen LogP contribution in [0.3, 0.4) is 0 Å². The Morgan fingerprint density at radius 1 is 1.38 bits per heavy atom. The van der Waals surface area contributed by atoms with E-state index in [4.69, 9.17) is 0 Å². The minimum Gasteiger partial charge on any atom is -0.103 e. The molecule has 1 rings (SSSR count). The first kappa shape index (κ1) is 13.0. The van der Waals surface area contributed by atoms with E-state index in [0.29, 0.717) is 11.8 Å². The fraction of sp³-hybridized carbons (Fsp3) is 0.500. The zero-order valence-electron chi connectivity index (χ0n) is 10.7. The van der Waals surface area contributed by atoms with E-state index in [1.807, 2.05) is 0 Å². The van der Waals surface area contributed by atoms with Gasteiger partial charge in [0.2, 0.25) is 0 Å². The minimum absolute atomic E-state index is 0.507. The van der Waals surface area contributed by atoms with Gasteiger partial charge in [0.25, 0.3) is 0 Å². The van der Waals surface area contributed by atoms with Crippen molar-refractivity contribution in [3.63, 3.8) is 0 Å². The minimum atomic E-state index is 0.507. The molecular formula is C16H24. The summed E-state index contributed by atoms with van der Waals surface area (Å²) in [6.07, 6.45) is 13.6. The van der Waals surface area contributed by atoms with Gasteiger partial charge in [-0.15, -0.1) is 13.2 Å². The van der Waals surface area contributed by atoms with Crippen molar-refractivity contribution < 1.29 is 0 Å². The van der Waals surface area contributed by atoms with Crippen molar-refractivity contribution in [3.8, 4) is 0 Å². The summed E-state index contributed by atoms with van der Waals surface area (Å²) in [7, 11) is 0. The molecule has 1 saturated carbocycles. The molecule has 0 amide bonds. The Kier molecular flexibility index (Phi) is 5.31. The molecule has 0 saturated heterocycles. The van der Waals surface area contributed by atoms with E-state index >= 15 is 0 Å². The zero-order chi connectivity index (χ0) is 12.0. The summed E-state index contributed by atoms with van der Waals surface area (Å²) in [6.45, 7) is 12.3. The van der Waals surface area contributed by atoms with Crippen molar-refractivity contribution in [1.82, 2.24) is 0 Å². The van der Waals surface area contributed by atoms with E-state index in [0.717, 1.165) is 6.42 Å². The summed E-state index contributed by atoms with van der Waals surface area (Å²) in [5, 5.41) is 0. The second-order valence-corrected chi connectivity index (χ2v) is 4.66. The summed E-state index contributed by atoms with van der Waals surface area (Å²) in [4.78, 5) is 0. The maximum Gasteiger partial charge on any atom is 0.00399 e. The Morgan fingerprint density at radius 3 is 2.69 bits per heavy atom.